The van der Waals surface area contributed by atoms with Crippen LogP contribution in [-0.4, -0.2) is 65.3 Å². The van der Waals surface area contributed by atoms with E-state index < -0.39 is 5.82 Å². The molecular formula is C34H35Cl2FN6O3. The minimum absolute atomic E-state index is 0.0759. The molecule has 4 aromatic rings. The zero-order valence-electron chi connectivity index (χ0n) is 25.3. The molecule has 2 fully saturated rings. The smallest absolute Gasteiger partial charge is 0.220 e. The first kappa shape index (κ1) is 32.2. The Morgan fingerprint density at radius 3 is 2.63 bits per heavy atom. The fourth-order valence-electron chi connectivity index (χ4n) is 5.92. The molecule has 2 saturated heterocycles. The number of likely N-dealkylation sites (tertiary alicyclic amines) is 1. The van der Waals surface area contributed by atoms with E-state index in [1.807, 2.05) is 30.3 Å². The number of pyridine rings is 2. The Kier molecular flexibility index (Phi) is 10.0. The monoisotopic (exact) mass is 664 g/mol. The third-order valence-electron chi connectivity index (χ3n) is 8.44. The third-order valence-corrected chi connectivity index (χ3v) is 9.23. The molecule has 4 N–H and O–H groups in total. The summed E-state index contributed by atoms with van der Waals surface area (Å²) >= 11 is 13.9. The average Bonchev–Trinajstić information content (AvgIpc) is 3.46. The van der Waals surface area contributed by atoms with Gasteiger partial charge in [0.15, 0.2) is 11.6 Å². The summed E-state index contributed by atoms with van der Waals surface area (Å²) in [6, 6.07) is 14.8. The maximum atomic E-state index is 15.5. The summed E-state index contributed by atoms with van der Waals surface area (Å²) in [6.45, 7) is 3.31. The second-order valence-electron chi connectivity index (χ2n) is 11.6. The predicted octanol–water partition coefficient (Wildman–Crippen LogP) is 5.80. The van der Waals surface area contributed by atoms with Gasteiger partial charge < -0.3 is 25.8 Å². The maximum absolute atomic E-state index is 15.5. The molecule has 0 saturated carbocycles. The molecule has 0 bridgehead atoms. The lowest BCUT2D eigenvalue weighted by molar-refractivity contribution is -0.119. The van der Waals surface area contributed by atoms with Gasteiger partial charge in [0.2, 0.25) is 5.91 Å². The van der Waals surface area contributed by atoms with Crippen molar-refractivity contribution < 1.29 is 19.0 Å². The van der Waals surface area contributed by atoms with Gasteiger partial charge in [-0.05, 0) is 30.7 Å². The summed E-state index contributed by atoms with van der Waals surface area (Å²) in [5.74, 6) is 0.654. The molecule has 1 amide bonds. The average molecular weight is 666 g/mol. The van der Waals surface area contributed by atoms with Gasteiger partial charge in [0.05, 0.1) is 28.5 Å². The van der Waals surface area contributed by atoms with Crippen LogP contribution in [0.4, 0.5) is 15.9 Å². The number of methoxy groups -OCH3 is 1. The lowest BCUT2D eigenvalue weighted by Gasteiger charge is -2.38. The van der Waals surface area contributed by atoms with Crippen LogP contribution in [-0.2, 0) is 17.9 Å². The number of halogens is 3. The van der Waals surface area contributed by atoms with E-state index >= 15 is 4.39 Å². The number of aromatic nitrogens is 2. The van der Waals surface area contributed by atoms with Gasteiger partial charge in [-0.25, -0.2) is 9.37 Å². The highest BCUT2D eigenvalue weighted by molar-refractivity contribution is 6.39. The Morgan fingerprint density at radius 2 is 1.87 bits per heavy atom. The first-order valence-electron chi connectivity index (χ1n) is 15.2. The molecular weight excluding hydrogens is 630 g/mol. The van der Waals surface area contributed by atoms with E-state index in [1.54, 1.807) is 37.7 Å². The Labute approximate surface area is 277 Å². The van der Waals surface area contributed by atoms with Gasteiger partial charge in [0.25, 0.3) is 0 Å². The number of hydrogen-bond donors (Lipinski definition) is 4. The number of nitrogens with zero attached hydrogens (tertiary/aromatic N) is 3. The zero-order valence-corrected chi connectivity index (χ0v) is 26.8. The molecule has 240 valence electrons. The molecule has 2 aromatic heterocycles. The molecule has 0 spiro atoms. The summed E-state index contributed by atoms with van der Waals surface area (Å²) in [4.78, 5) is 22.4. The highest BCUT2D eigenvalue weighted by Gasteiger charge is 2.27. The van der Waals surface area contributed by atoms with E-state index in [-0.39, 0.29) is 30.3 Å². The molecule has 0 radical (unpaired) electrons. The van der Waals surface area contributed by atoms with Gasteiger partial charge in [-0.2, -0.15) is 0 Å². The Bertz CT molecular complexity index is 1740. The first-order chi connectivity index (χ1) is 22.3. The number of amides is 1. The van der Waals surface area contributed by atoms with E-state index in [4.69, 9.17) is 27.9 Å². The molecule has 2 aliphatic heterocycles. The third kappa shape index (κ3) is 6.96. The van der Waals surface area contributed by atoms with Gasteiger partial charge in [-0.3, -0.25) is 14.7 Å². The standard InChI is InChI=1S/C34H35Cl2FN6O3/c1-46-28-13-21(5-6-22(28)14-38-15-24-7-8-29(45)41-24)33-31(36)26(10-12-39-33)25-3-2-4-27(30(25)35)42-34-32(37)23(9-11-40-34)18-43-16-20(17-43)19-44/h2-6,9-13,20,24,38,44H,7-8,14-19H2,1H3,(H,40,42)(H,41,45)/t24-/m0/s1. The quantitative estimate of drug-likeness (QED) is 0.150. The number of rotatable bonds is 12. The molecule has 1 atom stereocenters. The van der Waals surface area contributed by atoms with Crippen molar-refractivity contribution in [3.8, 4) is 28.1 Å². The normalized spacial score (nSPS) is 16.7. The van der Waals surface area contributed by atoms with Crippen LogP contribution in [0, 0.1) is 11.7 Å². The number of benzene rings is 2. The van der Waals surface area contributed by atoms with Crippen LogP contribution in [0.2, 0.25) is 10.0 Å². The minimum atomic E-state index is -0.446. The Morgan fingerprint density at radius 1 is 1.07 bits per heavy atom. The summed E-state index contributed by atoms with van der Waals surface area (Å²) in [5.41, 5.74) is 4.63. The molecule has 46 heavy (non-hydrogen) atoms. The number of aliphatic hydroxyl groups is 1. The van der Waals surface area contributed by atoms with E-state index in [0.29, 0.717) is 69.9 Å². The number of nitrogens with one attached hydrogen (secondary N) is 3. The summed E-state index contributed by atoms with van der Waals surface area (Å²) in [7, 11) is 1.62. The minimum Gasteiger partial charge on any atom is -0.496 e. The summed E-state index contributed by atoms with van der Waals surface area (Å²) in [5, 5.41) is 19.5. The van der Waals surface area contributed by atoms with Gasteiger partial charge in [-0.15, -0.1) is 0 Å². The fourth-order valence-corrected chi connectivity index (χ4v) is 6.52. The van der Waals surface area contributed by atoms with E-state index in [2.05, 4.69) is 30.8 Å². The Hall–Kier alpha value is -3.80. The van der Waals surface area contributed by atoms with Gasteiger partial charge in [0.1, 0.15) is 5.75 Å². The van der Waals surface area contributed by atoms with Gasteiger partial charge in [-0.1, -0.05) is 47.5 Å². The van der Waals surface area contributed by atoms with Gasteiger partial charge in [0, 0.05) is 97.9 Å². The van der Waals surface area contributed by atoms with E-state index in [1.165, 1.54) is 0 Å². The number of carbonyl (C=O) groups excluding carboxylic acids is 1. The lowest BCUT2D eigenvalue weighted by atomic mass is 10.0. The maximum Gasteiger partial charge on any atom is 0.220 e. The summed E-state index contributed by atoms with van der Waals surface area (Å²) in [6.07, 6.45) is 4.64. The van der Waals surface area contributed by atoms with Crippen molar-refractivity contribution in [1.82, 2.24) is 25.5 Å². The molecule has 6 rings (SSSR count). The largest absolute Gasteiger partial charge is 0.496 e. The Balaban J connectivity index is 1.20. The van der Waals surface area contributed by atoms with Crippen LogP contribution < -0.4 is 20.7 Å². The topological polar surface area (TPSA) is 112 Å². The molecule has 2 aliphatic rings. The van der Waals surface area contributed by atoms with Crippen molar-refractivity contribution in [2.24, 2.45) is 5.92 Å². The number of ether oxygens (including phenoxy) is 1. The van der Waals surface area contributed by atoms with Crippen molar-refractivity contribution in [3.63, 3.8) is 0 Å². The molecule has 0 aliphatic carbocycles. The zero-order chi connectivity index (χ0) is 32.2. The lowest BCUT2D eigenvalue weighted by Crippen LogP contribution is -2.47. The van der Waals surface area contributed by atoms with Crippen molar-refractivity contribution in [1.29, 1.82) is 0 Å². The second-order valence-corrected chi connectivity index (χ2v) is 12.4. The van der Waals surface area contributed by atoms with Crippen molar-refractivity contribution >= 4 is 40.6 Å². The SMILES string of the molecule is COc1cc(-c2nccc(-c3cccc(Nc4nccc(CN5CC(CO)C5)c4F)c3Cl)c2Cl)ccc1CNC[C@@H]1CCC(=O)N1. The number of aliphatic hydroxyl groups excluding tert-OH is 1. The van der Waals surface area contributed by atoms with Crippen LogP contribution in [0.5, 0.6) is 5.75 Å². The van der Waals surface area contributed by atoms with Crippen molar-refractivity contribution in [3.05, 3.63) is 87.9 Å². The number of carbonyl (C=O) groups is 1. The van der Waals surface area contributed by atoms with E-state index in [0.717, 1.165) is 30.6 Å². The van der Waals surface area contributed by atoms with Gasteiger partial charge >= 0.3 is 0 Å². The second kappa shape index (κ2) is 14.3. The van der Waals surface area contributed by atoms with Crippen LogP contribution in [0.15, 0.2) is 60.9 Å². The number of hydrogen-bond acceptors (Lipinski definition) is 8. The van der Waals surface area contributed by atoms with E-state index in [9.17, 15) is 9.90 Å². The van der Waals surface area contributed by atoms with Crippen LogP contribution in [0.25, 0.3) is 22.4 Å². The fraction of sp³-hybridized carbons (Fsp3) is 0.324. The van der Waals surface area contributed by atoms with Crippen molar-refractivity contribution in [2.45, 2.75) is 32.0 Å². The molecule has 12 heteroatoms. The molecule has 9 nitrogen and oxygen atoms in total. The number of anilines is 2. The van der Waals surface area contributed by atoms with Crippen LogP contribution >= 0.6 is 23.2 Å². The van der Waals surface area contributed by atoms with Crippen molar-refractivity contribution in [2.75, 3.05) is 38.7 Å². The van der Waals surface area contributed by atoms with Crippen LogP contribution in [0.3, 0.4) is 0 Å². The highest BCUT2D eigenvalue weighted by Crippen LogP contribution is 2.42. The molecule has 4 heterocycles. The first-order valence-corrected chi connectivity index (χ1v) is 15.9. The summed E-state index contributed by atoms with van der Waals surface area (Å²) < 4.78 is 21.2. The highest BCUT2D eigenvalue weighted by atomic mass is 35.5. The van der Waals surface area contributed by atoms with Crippen LogP contribution in [0.1, 0.15) is 24.0 Å². The molecule has 2 aromatic carbocycles. The predicted molar refractivity (Wildman–Crippen MR) is 178 cm³/mol. The molecule has 0 unspecified atom stereocenters.